The van der Waals surface area contributed by atoms with E-state index in [9.17, 15) is 0 Å². The van der Waals surface area contributed by atoms with Gasteiger partial charge in [0, 0.05) is 0 Å². The van der Waals surface area contributed by atoms with Crippen LogP contribution in [-0.4, -0.2) is 16.2 Å². The fourth-order valence-corrected chi connectivity index (χ4v) is 1.02. The highest BCUT2D eigenvalue weighted by Crippen LogP contribution is 2.24. The summed E-state index contributed by atoms with van der Waals surface area (Å²) < 4.78 is 0. The summed E-state index contributed by atoms with van der Waals surface area (Å²) in [6.07, 6.45) is 1.84. The van der Waals surface area contributed by atoms with E-state index in [1.54, 1.807) is 0 Å². The molecule has 11 heavy (non-hydrogen) atoms. The van der Waals surface area contributed by atoms with Crippen LogP contribution in [0.1, 0.15) is 0 Å². The molecule has 0 bridgehead atoms. The van der Waals surface area contributed by atoms with E-state index < -0.39 is 0 Å². The van der Waals surface area contributed by atoms with Crippen molar-refractivity contribution in [2.45, 2.75) is 5.16 Å². The number of halogens is 1. The number of hydrogen-bond donors (Lipinski definition) is 2. The van der Waals surface area contributed by atoms with E-state index in [1.807, 2.05) is 6.26 Å². The van der Waals surface area contributed by atoms with Crippen molar-refractivity contribution in [1.82, 2.24) is 9.97 Å². The van der Waals surface area contributed by atoms with Gasteiger partial charge in [-0.05, 0) is 6.26 Å². The summed E-state index contributed by atoms with van der Waals surface area (Å²) in [7, 11) is 0. The van der Waals surface area contributed by atoms with Gasteiger partial charge in [-0.2, -0.15) is 0 Å². The highest BCUT2D eigenvalue weighted by Gasteiger charge is 2.05. The quantitative estimate of drug-likeness (QED) is 0.511. The minimum Gasteiger partial charge on any atom is -0.382 e. The molecular weight excluding hydrogens is 184 g/mol. The lowest BCUT2D eigenvalue weighted by atomic mass is 10.5. The lowest BCUT2D eigenvalue weighted by Gasteiger charge is -2.01. The Morgan fingerprint density at radius 2 is 1.73 bits per heavy atom. The molecule has 0 atom stereocenters. The number of rotatable bonds is 1. The van der Waals surface area contributed by atoms with Crippen LogP contribution in [0.15, 0.2) is 5.16 Å². The summed E-state index contributed by atoms with van der Waals surface area (Å²) >= 11 is 6.99. The fourth-order valence-electron chi connectivity index (χ4n) is 0.552. The number of nitrogens with two attached hydrogens (primary N) is 2. The van der Waals surface area contributed by atoms with Crippen LogP contribution in [0.2, 0.25) is 5.02 Å². The summed E-state index contributed by atoms with van der Waals surface area (Å²) in [4.78, 5) is 7.74. The van der Waals surface area contributed by atoms with E-state index in [-0.39, 0.29) is 16.7 Å². The Bertz CT molecular complexity index is 254. The molecule has 0 aliphatic rings. The zero-order valence-electron chi connectivity index (χ0n) is 5.84. The maximum atomic E-state index is 5.62. The Kier molecular flexibility index (Phi) is 2.41. The molecule has 0 fully saturated rings. The van der Waals surface area contributed by atoms with Gasteiger partial charge >= 0.3 is 0 Å². The third-order valence-corrected chi connectivity index (χ3v) is 2.00. The van der Waals surface area contributed by atoms with E-state index in [2.05, 4.69) is 9.97 Å². The minimum absolute atomic E-state index is 0.225. The Hall–Kier alpha value is -0.680. The second-order valence-corrected chi connectivity index (χ2v) is 2.95. The van der Waals surface area contributed by atoms with Crippen molar-refractivity contribution >= 4 is 35.0 Å². The first-order valence-electron chi connectivity index (χ1n) is 2.77. The predicted octanol–water partition coefficient (Wildman–Crippen LogP) is 1.02. The van der Waals surface area contributed by atoms with E-state index in [4.69, 9.17) is 23.1 Å². The van der Waals surface area contributed by atoms with Gasteiger partial charge in [-0.3, -0.25) is 0 Å². The number of aromatic nitrogens is 2. The Morgan fingerprint density at radius 1 is 1.27 bits per heavy atom. The number of thioether (sulfide) groups is 1. The summed E-state index contributed by atoms with van der Waals surface area (Å²) in [5, 5.41) is 0.757. The highest BCUT2D eigenvalue weighted by atomic mass is 35.5. The highest BCUT2D eigenvalue weighted by molar-refractivity contribution is 7.98. The van der Waals surface area contributed by atoms with Crippen LogP contribution < -0.4 is 11.5 Å². The normalized spacial score (nSPS) is 10.0. The molecule has 6 heteroatoms. The second kappa shape index (κ2) is 3.15. The van der Waals surface area contributed by atoms with Gasteiger partial charge in [0.05, 0.1) is 0 Å². The molecule has 0 saturated carbocycles. The first-order valence-corrected chi connectivity index (χ1v) is 4.38. The zero-order chi connectivity index (χ0) is 8.43. The van der Waals surface area contributed by atoms with Crippen molar-refractivity contribution in [3.63, 3.8) is 0 Å². The van der Waals surface area contributed by atoms with E-state index in [1.165, 1.54) is 11.8 Å². The van der Waals surface area contributed by atoms with E-state index >= 15 is 0 Å². The number of anilines is 2. The van der Waals surface area contributed by atoms with Gasteiger partial charge in [0.15, 0.2) is 5.16 Å². The van der Waals surface area contributed by atoms with Crippen LogP contribution in [0.5, 0.6) is 0 Å². The average molecular weight is 191 g/mol. The minimum atomic E-state index is 0.225. The van der Waals surface area contributed by atoms with Crippen LogP contribution in [0.3, 0.4) is 0 Å². The molecule has 4 nitrogen and oxygen atoms in total. The number of nitrogens with zero attached hydrogens (tertiary/aromatic N) is 2. The molecule has 0 aromatic carbocycles. The maximum absolute atomic E-state index is 5.62. The molecule has 0 unspecified atom stereocenters. The van der Waals surface area contributed by atoms with Crippen LogP contribution in [-0.2, 0) is 0 Å². The van der Waals surface area contributed by atoms with Gasteiger partial charge in [-0.1, -0.05) is 23.4 Å². The van der Waals surface area contributed by atoms with Gasteiger partial charge in [0.25, 0.3) is 0 Å². The Balaban J connectivity index is 3.21. The third kappa shape index (κ3) is 1.66. The molecule has 4 N–H and O–H groups in total. The third-order valence-electron chi connectivity index (χ3n) is 1.06. The van der Waals surface area contributed by atoms with Gasteiger partial charge < -0.3 is 11.5 Å². The first-order chi connectivity index (χ1) is 5.15. The molecule has 0 aliphatic carbocycles. The van der Waals surface area contributed by atoms with Gasteiger partial charge in [0.1, 0.15) is 16.7 Å². The van der Waals surface area contributed by atoms with Crippen LogP contribution in [0.4, 0.5) is 11.6 Å². The Labute approximate surface area is 73.3 Å². The smallest absolute Gasteiger partial charge is 0.191 e. The van der Waals surface area contributed by atoms with E-state index in [0.717, 1.165) is 0 Å². The summed E-state index contributed by atoms with van der Waals surface area (Å²) in [6.45, 7) is 0. The van der Waals surface area contributed by atoms with Gasteiger partial charge in [-0.25, -0.2) is 9.97 Å². The maximum Gasteiger partial charge on any atom is 0.191 e. The molecule has 1 aromatic rings. The monoisotopic (exact) mass is 190 g/mol. The molecule has 0 amide bonds. The van der Waals surface area contributed by atoms with Crippen molar-refractivity contribution in [3.8, 4) is 0 Å². The number of hydrogen-bond acceptors (Lipinski definition) is 5. The van der Waals surface area contributed by atoms with Crippen LogP contribution in [0.25, 0.3) is 0 Å². The van der Waals surface area contributed by atoms with Crippen LogP contribution >= 0.6 is 23.4 Å². The lowest BCUT2D eigenvalue weighted by molar-refractivity contribution is 0.988. The molecule has 0 aliphatic heterocycles. The van der Waals surface area contributed by atoms with Crippen molar-refractivity contribution in [3.05, 3.63) is 5.02 Å². The topological polar surface area (TPSA) is 77.8 Å². The summed E-state index contributed by atoms with van der Waals surface area (Å²) in [5.41, 5.74) is 10.8. The van der Waals surface area contributed by atoms with Crippen LogP contribution in [0, 0.1) is 0 Å². The fraction of sp³-hybridized carbons (Fsp3) is 0.200. The van der Waals surface area contributed by atoms with E-state index in [0.29, 0.717) is 5.16 Å². The molecular formula is C5H7ClN4S. The molecule has 0 spiro atoms. The van der Waals surface area contributed by atoms with Crippen molar-refractivity contribution < 1.29 is 0 Å². The second-order valence-electron chi connectivity index (χ2n) is 1.79. The molecule has 0 saturated heterocycles. The molecule has 1 heterocycles. The molecule has 1 aromatic heterocycles. The van der Waals surface area contributed by atoms with Crippen molar-refractivity contribution in [2.75, 3.05) is 17.7 Å². The zero-order valence-corrected chi connectivity index (χ0v) is 7.41. The van der Waals surface area contributed by atoms with Crippen molar-refractivity contribution in [2.24, 2.45) is 0 Å². The first kappa shape index (κ1) is 8.42. The standard InChI is InChI=1S/C5H7ClN4S/c1-11-5-9-3(7)2(6)4(8)10-5/h1H3,(H4,7,8,9,10). The average Bonchev–Trinajstić information content (AvgIpc) is 1.99. The SMILES string of the molecule is CSc1nc(N)c(Cl)c(N)n1. The summed E-state index contributed by atoms with van der Waals surface area (Å²) in [6, 6.07) is 0. The molecule has 60 valence electrons. The molecule has 1 rings (SSSR count). The van der Waals surface area contributed by atoms with Gasteiger partial charge in [-0.15, -0.1) is 0 Å². The Morgan fingerprint density at radius 3 is 2.09 bits per heavy atom. The molecule has 0 radical (unpaired) electrons. The predicted molar refractivity (Wildman–Crippen MR) is 47.6 cm³/mol. The van der Waals surface area contributed by atoms with Gasteiger partial charge in [0.2, 0.25) is 0 Å². The lowest BCUT2D eigenvalue weighted by Crippen LogP contribution is -2.00. The number of nitrogen functional groups attached to an aromatic ring is 2. The summed E-state index contributed by atoms with van der Waals surface area (Å²) in [5.74, 6) is 0.451. The largest absolute Gasteiger partial charge is 0.382 e. The van der Waals surface area contributed by atoms with Crippen molar-refractivity contribution in [1.29, 1.82) is 0 Å².